The molecule has 29 heavy (non-hydrogen) atoms. The molecule has 9 heteroatoms. The molecule has 0 spiro atoms. The Morgan fingerprint density at radius 3 is 2.55 bits per heavy atom. The summed E-state index contributed by atoms with van der Waals surface area (Å²) in [5.41, 5.74) is 0.318. The molecule has 2 aromatic rings. The smallest absolute Gasteiger partial charge is 0.328 e. The average Bonchev–Trinajstić information content (AvgIpc) is 3.19. The van der Waals surface area contributed by atoms with Crippen molar-refractivity contribution in [3.05, 3.63) is 47.2 Å². The predicted molar refractivity (Wildman–Crippen MR) is 112 cm³/mol. The fourth-order valence-corrected chi connectivity index (χ4v) is 5.54. The first-order chi connectivity index (χ1) is 13.7. The van der Waals surface area contributed by atoms with Crippen LogP contribution in [-0.2, 0) is 5.67 Å². The van der Waals surface area contributed by atoms with E-state index in [9.17, 15) is 13.2 Å². The van der Waals surface area contributed by atoms with Gasteiger partial charge in [-0.3, -0.25) is 4.99 Å². The van der Waals surface area contributed by atoms with Crippen LogP contribution >= 0.6 is 23.1 Å². The molecule has 4 rings (SSSR count). The Balaban J connectivity index is 1.59. The third-order valence-electron chi connectivity index (χ3n) is 4.95. The first-order valence-electron chi connectivity index (χ1n) is 9.16. The molecule has 2 aliphatic rings. The largest absolute Gasteiger partial charge is 0.433 e. The second-order valence-corrected chi connectivity index (χ2v) is 9.39. The van der Waals surface area contributed by atoms with Gasteiger partial charge in [0, 0.05) is 18.1 Å². The van der Waals surface area contributed by atoms with Crippen LogP contribution in [0.4, 0.5) is 23.2 Å². The number of anilines is 1. The molecule has 0 unspecified atom stereocenters. The van der Waals surface area contributed by atoms with Crippen molar-refractivity contribution in [2.24, 2.45) is 4.99 Å². The van der Waals surface area contributed by atoms with Gasteiger partial charge >= 0.3 is 6.18 Å². The van der Waals surface area contributed by atoms with E-state index < -0.39 is 17.6 Å². The van der Waals surface area contributed by atoms with Crippen molar-refractivity contribution in [2.75, 3.05) is 23.1 Å². The number of aromatic nitrogens is 1. The number of thioether (sulfide) groups is 1. The van der Waals surface area contributed by atoms with E-state index in [1.807, 2.05) is 25.1 Å². The summed E-state index contributed by atoms with van der Waals surface area (Å²) in [4.78, 5) is 10.5. The maximum absolute atomic E-state index is 15.2. The monoisotopic (exact) mass is 441 g/mol. The van der Waals surface area contributed by atoms with E-state index in [4.69, 9.17) is 0 Å². The molecular weight excluding hydrogens is 422 g/mol. The van der Waals surface area contributed by atoms with Gasteiger partial charge in [-0.25, -0.2) is 9.37 Å². The number of rotatable bonds is 3. The zero-order chi connectivity index (χ0) is 20.6. The molecule has 3 heterocycles. The van der Waals surface area contributed by atoms with Crippen molar-refractivity contribution in [1.82, 2.24) is 4.98 Å². The molecule has 154 valence electrons. The normalized spacial score (nSPS) is 19.3. The van der Waals surface area contributed by atoms with Crippen molar-refractivity contribution in [1.29, 1.82) is 0 Å². The Labute approximate surface area is 174 Å². The summed E-state index contributed by atoms with van der Waals surface area (Å²) in [5, 5.41) is 0.508. The maximum Gasteiger partial charge on any atom is 0.433 e. The number of aliphatic imine (C=N–C) groups is 1. The molecular formula is C20H19F4N3S2. The van der Waals surface area contributed by atoms with Crippen LogP contribution in [-0.4, -0.2) is 35.0 Å². The number of alkyl halides is 4. The molecule has 1 aromatic heterocycles. The Morgan fingerprint density at radius 1 is 1.14 bits per heavy atom. The number of aryl methyl sites for hydroxylation is 1. The maximum atomic E-state index is 15.2. The zero-order valence-corrected chi connectivity index (χ0v) is 17.3. The van der Waals surface area contributed by atoms with Gasteiger partial charge in [-0.15, -0.1) is 11.3 Å². The number of thiazole rings is 1. The van der Waals surface area contributed by atoms with Crippen LogP contribution in [0.15, 0.2) is 41.7 Å². The van der Waals surface area contributed by atoms with Gasteiger partial charge in [0.15, 0.2) is 5.67 Å². The highest BCUT2D eigenvalue weighted by Gasteiger charge is 2.37. The van der Waals surface area contributed by atoms with Gasteiger partial charge in [-0.05, 0) is 60.6 Å². The molecule has 1 saturated heterocycles. The first kappa shape index (κ1) is 20.4. The highest BCUT2D eigenvalue weighted by Crippen LogP contribution is 2.43. The van der Waals surface area contributed by atoms with E-state index in [0.717, 1.165) is 39.3 Å². The second kappa shape index (κ2) is 7.75. The van der Waals surface area contributed by atoms with E-state index in [1.165, 1.54) is 17.5 Å². The first-order valence-corrected chi connectivity index (χ1v) is 11.1. The Hall–Kier alpha value is -1.87. The molecule has 0 saturated carbocycles. The Bertz CT molecular complexity index is 959. The summed E-state index contributed by atoms with van der Waals surface area (Å²) in [6.07, 6.45) is 0.559. The fraction of sp³-hybridized carbons (Fsp3) is 0.400. The third kappa shape index (κ3) is 4.35. The summed E-state index contributed by atoms with van der Waals surface area (Å²) in [7, 11) is 0. The molecule has 1 fully saturated rings. The van der Waals surface area contributed by atoms with Crippen LogP contribution in [0.25, 0.3) is 10.4 Å². The second-order valence-electron chi connectivity index (χ2n) is 7.13. The van der Waals surface area contributed by atoms with Crippen LogP contribution in [0.2, 0.25) is 0 Å². The van der Waals surface area contributed by atoms with Crippen LogP contribution < -0.4 is 4.90 Å². The topological polar surface area (TPSA) is 28.5 Å². The molecule has 0 aliphatic carbocycles. The van der Waals surface area contributed by atoms with Crippen LogP contribution in [0.3, 0.4) is 0 Å². The standard InChI is InChI=1S/C20H19F4N3S2/c1-13-8-14(16-11-25-18(29-16)19(21)3-6-28-7-4-19)10-15(9-13)27-5-2-17(26-12-27)20(22,23)24/h2,5,8-11H,3-4,6-7,12H2,1H3. The Morgan fingerprint density at radius 2 is 1.90 bits per heavy atom. The lowest BCUT2D eigenvalue weighted by molar-refractivity contribution is -0.0579. The van der Waals surface area contributed by atoms with Crippen molar-refractivity contribution < 1.29 is 17.6 Å². The number of halogens is 4. The number of nitrogens with zero attached hydrogens (tertiary/aromatic N) is 3. The van der Waals surface area contributed by atoms with Gasteiger partial charge in [0.1, 0.15) is 17.4 Å². The Kier molecular flexibility index (Phi) is 5.46. The minimum Gasteiger partial charge on any atom is -0.328 e. The van der Waals surface area contributed by atoms with Crippen LogP contribution in [0, 0.1) is 6.92 Å². The van der Waals surface area contributed by atoms with Gasteiger partial charge in [0.25, 0.3) is 0 Å². The predicted octanol–water partition coefficient (Wildman–Crippen LogP) is 6.10. The van der Waals surface area contributed by atoms with Crippen molar-refractivity contribution in [2.45, 2.75) is 31.6 Å². The SMILES string of the molecule is Cc1cc(-c2cnc(C3(F)CCSCC3)s2)cc(N2C=CC(C(F)(F)F)=NC2)c1. The van der Waals surface area contributed by atoms with Crippen molar-refractivity contribution in [3.8, 4) is 10.4 Å². The molecule has 2 aliphatic heterocycles. The van der Waals surface area contributed by atoms with E-state index in [2.05, 4.69) is 9.98 Å². The molecule has 0 amide bonds. The third-order valence-corrected chi connectivity index (χ3v) is 7.16. The summed E-state index contributed by atoms with van der Waals surface area (Å²) in [5.74, 6) is 1.59. The molecule has 0 radical (unpaired) electrons. The zero-order valence-electron chi connectivity index (χ0n) is 15.7. The average molecular weight is 442 g/mol. The quantitative estimate of drug-likeness (QED) is 0.539. The van der Waals surface area contributed by atoms with Gasteiger partial charge in [0.2, 0.25) is 0 Å². The lowest BCUT2D eigenvalue weighted by atomic mass is 10.0. The minimum absolute atomic E-state index is 0.104. The van der Waals surface area contributed by atoms with Crippen LogP contribution in [0.5, 0.6) is 0 Å². The lowest BCUT2D eigenvalue weighted by Crippen LogP contribution is -2.29. The van der Waals surface area contributed by atoms with E-state index >= 15 is 4.39 Å². The summed E-state index contributed by atoms with van der Waals surface area (Å²) >= 11 is 3.11. The number of allylic oxidation sites excluding steroid dienone is 1. The highest BCUT2D eigenvalue weighted by atomic mass is 32.2. The molecule has 0 N–H and O–H groups in total. The fourth-order valence-electron chi connectivity index (χ4n) is 3.36. The van der Waals surface area contributed by atoms with Gasteiger partial charge in [-0.1, -0.05) is 6.07 Å². The van der Waals surface area contributed by atoms with Crippen molar-refractivity contribution >= 4 is 34.5 Å². The van der Waals surface area contributed by atoms with E-state index in [-0.39, 0.29) is 6.67 Å². The molecule has 1 aromatic carbocycles. The van der Waals surface area contributed by atoms with E-state index in [1.54, 1.807) is 22.9 Å². The molecule has 0 atom stereocenters. The summed E-state index contributed by atoms with van der Waals surface area (Å²) in [6.45, 7) is 1.81. The summed E-state index contributed by atoms with van der Waals surface area (Å²) < 4.78 is 53.5. The minimum atomic E-state index is -4.45. The number of hydrogen-bond donors (Lipinski definition) is 0. The molecule has 0 bridgehead atoms. The van der Waals surface area contributed by atoms with E-state index in [0.29, 0.717) is 17.8 Å². The van der Waals surface area contributed by atoms with Crippen LogP contribution in [0.1, 0.15) is 23.4 Å². The highest BCUT2D eigenvalue weighted by molar-refractivity contribution is 7.99. The van der Waals surface area contributed by atoms with Gasteiger partial charge in [0.05, 0.1) is 4.88 Å². The van der Waals surface area contributed by atoms with Gasteiger partial charge in [-0.2, -0.15) is 24.9 Å². The molecule has 3 nitrogen and oxygen atoms in total. The summed E-state index contributed by atoms with van der Waals surface area (Å²) in [6, 6.07) is 5.74. The lowest BCUT2D eigenvalue weighted by Gasteiger charge is -2.26. The number of hydrogen-bond acceptors (Lipinski definition) is 5. The van der Waals surface area contributed by atoms with Gasteiger partial charge < -0.3 is 4.90 Å². The van der Waals surface area contributed by atoms with Crippen molar-refractivity contribution in [3.63, 3.8) is 0 Å². The number of benzene rings is 1.